The van der Waals surface area contributed by atoms with E-state index in [0.29, 0.717) is 11.0 Å². The lowest BCUT2D eigenvalue weighted by Crippen LogP contribution is -2.12. The third kappa shape index (κ3) is 2.06. The maximum absolute atomic E-state index is 12.6. The minimum absolute atomic E-state index is 0.189. The van der Waals surface area contributed by atoms with Crippen LogP contribution in [0.2, 0.25) is 0 Å². The molecule has 0 radical (unpaired) electrons. The molecule has 3 heteroatoms. The third-order valence-electron chi connectivity index (χ3n) is 4.60. The number of hydrogen-bond donors (Lipinski definition) is 0. The molecule has 0 fully saturated rings. The molecule has 0 atom stereocenters. The molecule has 118 valence electrons. The molecular formula is C22H14N2O. The predicted molar refractivity (Wildman–Crippen MR) is 102 cm³/mol. The molecule has 5 rings (SSSR count). The van der Waals surface area contributed by atoms with Crippen molar-refractivity contribution in [1.29, 1.82) is 0 Å². The summed E-state index contributed by atoms with van der Waals surface area (Å²) in [5.74, 6) is 0. The Kier molecular flexibility index (Phi) is 2.94. The number of fused-ring (bicyclic) bond motifs is 5. The molecule has 0 bridgehead atoms. The Balaban J connectivity index is 2.11. The summed E-state index contributed by atoms with van der Waals surface area (Å²) in [4.78, 5) is 17.0. The highest BCUT2D eigenvalue weighted by atomic mass is 16.1. The molecule has 2 heterocycles. The minimum Gasteiger partial charge on any atom is -0.293 e. The van der Waals surface area contributed by atoms with Crippen molar-refractivity contribution in [3.05, 3.63) is 95.3 Å². The molecule has 0 spiro atoms. The summed E-state index contributed by atoms with van der Waals surface area (Å²) < 4.78 is 2.09. The van der Waals surface area contributed by atoms with Crippen LogP contribution >= 0.6 is 0 Å². The molecule has 25 heavy (non-hydrogen) atoms. The average Bonchev–Trinajstić information content (AvgIpc) is 2.68. The van der Waals surface area contributed by atoms with Crippen molar-refractivity contribution >= 4 is 27.3 Å². The van der Waals surface area contributed by atoms with Crippen molar-refractivity contribution in [2.75, 3.05) is 0 Å². The quantitative estimate of drug-likeness (QED) is 0.420. The van der Waals surface area contributed by atoms with Gasteiger partial charge in [0.2, 0.25) is 0 Å². The van der Waals surface area contributed by atoms with Crippen molar-refractivity contribution in [3.8, 4) is 11.3 Å². The zero-order valence-corrected chi connectivity index (χ0v) is 13.4. The van der Waals surface area contributed by atoms with Crippen molar-refractivity contribution in [2.24, 2.45) is 0 Å². The molecule has 3 nitrogen and oxygen atoms in total. The molecule has 0 amide bonds. The highest BCUT2D eigenvalue weighted by molar-refractivity contribution is 5.99. The number of hydrogen-bond acceptors (Lipinski definition) is 2. The topological polar surface area (TPSA) is 34.4 Å². The second-order valence-corrected chi connectivity index (χ2v) is 6.08. The first-order chi connectivity index (χ1) is 12.3. The molecule has 5 aromatic rings. The van der Waals surface area contributed by atoms with Crippen molar-refractivity contribution < 1.29 is 0 Å². The van der Waals surface area contributed by atoms with Crippen LogP contribution in [0.5, 0.6) is 0 Å². The van der Waals surface area contributed by atoms with E-state index in [2.05, 4.69) is 33.7 Å². The molecule has 2 aromatic heterocycles. The monoisotopic (exact) mass is 322 g/mol. The summed E-state index contributed by atoms with van der Waals surface area (Å²) in [5.41, 5.74) is 3.50. The van der Waals surface area contributed by atoms with Gasteiger partial charge < -0.3 is 0 Å². The van der Waals surface area contributed by atoms with Crippen LogP contribution in [0.25, 0.3) is 38.6 Å². The zero-order chi connectivity index (χ0) is 16.8. The van der Waals surface area contributed by atoms with E-state index >= 15 is 0 Å². The lowest BCUT2D eigenvalue weighted by molar-refractivity contribution is 1.15. The first kappa shape index (κ1) is 13.9. The van der Waals surface area contributed by atoms with Gasteiger partial charge >= 0.3 is 0 Å². The van der Waals surface area contributed by atoms with Crippen molar-refractivity contribution in [1.82, 2.24) is 9.38 Å². The van der Waals surface area contributed by atoms with E-state index in [-0.39, 0.29) is 5.56 Å². The summed E-state index contributed by atoms with van der Waals surface area (Å²) in [7, 11) is 0. The van der Waals surface area contributed by atoms with Gasteiger partial charge in [0.25, 0.3) is 5.56 Å². The van der Waals surface area contributed by atoms with Crippen LogP contribution in [-0.2, 0) is 0 Å². The molecule has 0 N–H and O–H groups in total. The number of benzene rings is 3. The Morgan fingerprint density at radius 1 is 0.720 bits per heavy atom. The van der Waals surface area contributed by atoms with Gasteiger partial charge in [-0.3, -0.25) is 9.20 Å². The summed E-state index contributed by atoms with van der Waals surface area (Å²) in [5, 5.41) is 2.68. The van der Waals surface area contributed by atoms with E-state index in [1.54, 1.807) is 0 Å². The molecule has 0 unspecified atom stereocenters. The molecule has 0 saturated heterocycles. The standard InChI is InChI=1S/C22H14N2O/c25-22-18-12-6-7-13-19(18)24-20(15-8-2-1-3-9-15)14-16-10-4-5-11-17(16)21(24)23-22/h1-14H. The molecule has 0 saturated carbocycles. The van der Waals surface area contributed by atoms with E-state index in [1.807, 2.05) is 60.7 Å². The van der Waals surface area contributed by atoms with E-state index in [4.69, 9.17) is 0 Å². The van der Waals surface area contributed by atoms with E-state index < -0.39 is 0 Å². The third-order valence-corrected chi connectivity index (χ3v) is 4.60. The fourth-order valence-electron chi connectivity index (χ4n) is 3.45. The Bertz CT molecular complexity index is 1300. The van der Waals surface area contributed by atoms with E-state index in [9.17, 15) is 4.79 Å². The minimum atomic E-state index is -0.189. The lowest BCUT2D eigenvalue weighted by atomic mass is 10.1. The van der Waals surface area contributed by atoms with Crippen molar-refractivity contribution in [2.45, 2.75) is 0 Å². The summed E-state index contributed by atoms with van der Waals surface area (Å²) >= 11 is 0. The van der Waals surface area contributed by atoms with Gasteiger partial charge in [-0.2, -0.15) is 4.98 Å². The Morgan fingerprint density at radius 2 is 1.40 bits per heavy atom. The van der Waals surface area contributed by atoms with Crippen LogP contribution in [0.4, 0.5) is 0 Å². The average molecular weight is 322 g/mol. The fraction of sp³-hybridized carbons (Fsp3) is 0. The van der Waals surface area contributed by atoms with Gasteiger partial charge in [0.1, 0.15) is 5.65 Å². The van der Waals surface area contributed by atoms with Gasteiger partial charge in [0.15, 0.2) is 0 Å². The normalized spacial score (nSPS) is 11.4. The second-order valence-electron chi connectivity index (χ2n) is 6.08. The number of rotatable bonds is 1. The molecule has 0 aliphatic heterocycles. The maximum Gasteiger partial charge on any atom is 0.281 e. The number of nitrogens with zero attached hydrogens (tertiary/aromatic N) is 2. The fourth-order valence-corrected chi connectivity index (χ4v) is 3.45. The van der Waals surface area contributed by atoms with E-state index in [0.717, 1.165) is 27.5 Å². The van der Waals surface area contributed by atoms with Crippen LogP contribution in [0, 0.1) is 0 Å². The summed E-state index contributed by atoms with van der Waals surface area (Å²) in [6.45, 7) is 0. The summed E-state index contributed by atoms with van der Waals surface area (Å²) in [6.07, 6.45) is 0. The SMILES string of the molecule is O=c1nc2c3ccccc3cc(-c3ccccc3)n2c2ccccc12. The Labute approximate surface area is 143 Å². The van der Waals surface area contributed by atoms with Crippen LogP contribution < -0.4 is 5.56 Å². The van der Waals surface area contributed by atoms with Gasteiger partial charge in [0.05, 0.1) is 16.6 Å². The highest BCUT2D eigenvalue weighted by Gasteiger charge is 2.13. The lowest BCUT2D eigenvalue weighted by Gasteiger charge is -2.14. The first-order valence-electron chi connectivity index (χ1n) is 8.21. The first-order valence-corrected chi connectivity index (χ1v) is 8.21. The van der Waals surface area contributed by atoms with Gasteiger partial charge in [-0.25, -0.2) is 0 Å². The van der Waals surface area contributed by atoms with E-state index in [1.165, 1.54) is 0 Å². The molecular weight excluding hydrogens is 308 g/mol. The van der Waals surface area contributed by atoms with Crippen LogP contribution in [-0.4, -0.2) is 9.38 Å². The molecule has 0 aliphatic rings. The van der Waals surface area contributed by atoms with Gasteiger partial charge in [-0.1, -0.05) is 66.7 Å². The highest BCUT2D eigenvalue weighted by Crippen LogP contribution is 2.29. The Hall–Kier alpha value is -3.46. The number of para-hydroxylation sites is 1. The van der Waals surface area contributed by atoms with Crippen LogP contribution in [0.3, 0.4) is 0 Å². The van der Waals surface area contributed by atoms with Crippen LogP contribution in [0.15, 0.2) is 89.7 Å². The van der Waals surface area contributed by atoms with Gasteiger partial charge in [0, 0.05) is 5.39 Å². The molecule has 3 aromatic carbocycles. The zero-order valence-electron chi connectivity index (χ0n) is 13.4. The van der Waals surface area contributed by atoms with Crippen molar-refractivity contribution in [3.63, 3.8) is 0 Å². The summed E-state index contributed by atoms with van der Waals surface area (Å²) in [6, 6.07) is 28.1. The molecule has 0 aliphatic carbocycles. The maximum atomic E-state index is 12.6. The largest absolute Gasteiger partial charge is 0.293 e. The van der Waals surface area contributed by atoms with Crippen LogP contribution in [0.1, 0.15) is 0 Å². The Morgan fingerprint density at radius 3 is 2.24 bits per heavy atom. The second kappa shape index (κ2) is 5.28. The number of pyridine rings is 1. The predicted octanol–water partition coefficient (Wildman–Crippen LogP) is 4.67. The number of aromatic nitrogens is 2. The van der Waals surface area contributed by atoms with Gasteiger partial charge in [-0.05, 0) is 29.1 Å². The van der Waals surface area contributed by atoms with Gasteiger partial charge in [-0.15, -0.1) is 0 Å². The smallest absolute Gasteiger partial charge is 0.281 e.